The highest BCUT2D eigenvalue weighted by Gasteiger charge is 2.21. The molecule has 1 fully saturated rings. The molecule has 158 valence electrons. The van der Waals surface area contributed by atoms with E-state index in [0.29, 0.717) is 0 Å². The van der Waals surface area contributed by atoms with Crippen molar-refractivity contribution in [2.45, 2.75) is 51.4 Å². The Bertz CT molecular complexity index is 1010. The van der Waals surface area contributed by atoms with Gasteiger partial charge < -0.3 is 4.74 Å². The molecule has 3 aromatic carbocycles. The average molecular weight is 409 g/mol. The number of methoxy groups -OCH3 is 1. The number of hydrogen-bond donors (Lipinski definition) is 0. The Morgan fingerprint density at radius 3 is 1.74 bits per heavy atom. The Morgan fingerprint density at radius 1 is 0.710 bits per heavy atom. The van der Waals surface area contributed by atoms with E-state index < -0.39 is 0 Å². The maximum atomic E-state index is 5.23. The van der Waals surface area contributed by atoms with Crippen molar-refractivity contribution in [1.29, 1.82) is 0 Å². The van der Waals surface area contributed by atoms with E-state index >= 15 is 0 Å². The van der Waals surface area contributed by atoms with Crippen molar-refractivity contribution in [1.82, 2.24) is 0 Å². The molecular weight excluding hydrogens is 376 g/mol. The molecule has 1 aliphatic carbocycles. The van der Waals surface area contributed by atoms with Crippen LogP contribution in [0.5, 0.6) is 5.75 Å². The smallest absolute Gasteiger partial charge is 0.118 e. The molecule has 0 aromatic heterocycles. The first-order valence-electron chi connectivity index (χ1n) is 11.6. The zero-order valence-corrected chi connectivity index (χ0v) is 18.7. The first-order chi connectivity index (χ1) is 15.2. The minimum Gasteiger partial charge on any atom is -0.497 e. The van der Waals surface area contributed by atoms with Crippen molar-refractivity contribution in [3.8, 4) is 28.7 Å². The van der Waals surface area contributed by atoms with Crippen LogP contribution in [-0.2, 0) is 0 Å². The summed E-state index contributed by atoms with van der Waals surface area (Å²) in [5.74, 6) is 9.20. The van der Waals surface area contributed by atoms with Gasteiger partial charge in [-0.15, -0.1) is 0 Å². The van der Waals surface area contributed by atoms with E-state index in [9.17, 15) is 0 Å². The molecule has 4 rings (SSSR count). The summed E-state index contributed by atoms with van der Waals surface area (Å²) >= 11 is 0. The van der Waals surface area contributed by atoms with Gasteiger partial charge in [-0.05, 0) is 90.6 Å². The normalized spacial score (nSPS) is 18.1. The lowest BCUT2D eigenvalue weighted by molar-refractivity contribution is 0.308. The molecule has 1 aliphatic rings. The summed E-state index contributed by atoms with van der Waals surface area (Å²) in [5, 5.41) is 0. The monoisotopic (exact) mass is 408 g/mol. The zero-order chi connectivity index (χ0) is 21.5. The largest absolute Gasteiger partial charge is 0.497 e. The van der Waals surface area contributed by atoms with Gasteiger partial charge in [0.1, 0.15) is 5.75 Å². The van der Waals surface area contributed by atoms with Crippen LogP contribution < -0.4 is 4.74 Å². The second kappa shape index (κ2) is 10.4. The van der Waals surface area contributed by atoms with Crippen molar-refractivity contribution in [2.75, 3.05) is 7.11 Å². The standard InChI is InChI=1S/C30H32O/c1-3-4-23-7-13-26(14-8-23)27-15-9-24(10-16-27)5-6-25-11-17-28(18-12-25)29-19-21-30(31-2)22-20-29/h9-12,15-23,26H,3-4,7-8,13-14H2,1-2H3. The van der Waals surface area contributed by atoms with E-state index in [1.807, 2.05) is 12.1 Å². The second-order valence-corrected chi connectivity index (χ2v) is 8.68. The third kappa shape index (κ3) is 5.59. The Labute approximate surface area is 187 Å². The van der Waals surface area contributed by atoms with Crippen LogP contribution in [0.4, 0.5) is 0 Å². The zero-order valence-electron chi connectivity index (χ0n) is 18.7. The molecule has 0 atom stereocenters. The molecule has 0 saturated heterocycles. The van der Waals surface area contributed by atoms with E-state index in [1.54, 1.807) is 7.11 Å². The van der Waals surface area contributed by atoms with Gasteiger partial charge in [0.05, 0.1) is 7.11 Å². The molecule has 0 aliphatic heterocycles. The van der Waals surface area contributed by atoms with Crippen LogP contribution in [0.25, 0.3) is 11.1 Å². The maximum absolute atomic E-state index is 5.23. The van der Waals surface area contributed by atoms with Crippen LogP contribution >= 0.6 is 0 Å². The minimum atomic E-state index is 0.737. The second-order valence-electron chi connectivity index (χ2n) is 8.68. The van der Waals surface area contributed by atoms with Gasteiger partial charge in [0.25, 0.3) is 0 Å². The molecule has 31 heavy (non-hydrogen) atoms. The van der Waals surface area contributed by atoms with E-state index in [2.05, 4.69) is 79.4 Å². The Kier molecular flexibility index (Phi) is 7.11. The average Bonchev–Trinajstić information content (AvgIpc) is 2.84. The first kappa shape index (κ1) is 21.3. The van der Waals surface area contributed by atoms with Gasteiger partial charge >= 0.3 is 0 Å². The summed E-state index contributed by atoms with van der Waals surface area (Å²) in [5.41, 5.74) is 5.98. The molecule has 1 nitrogen and oxygen atoms in total. The summed E-state index contributed by atoms with van der Waals surface area (Å²) in [7, 11) is 1.69. The van der Waals surface area contributed by atoms with E-state index in [4.69, 9.17) is 4.74 Å². The molecule has 0 amide bonds. The molecule has 0 bridgehead atoms. The Morgan fingerprint density at radius 2 is 1.23 bits per heavy atom. The van der Waals surface area contributed by atoms with E-state index in [0.717, 1.165) is 28.7 Å². The fraction of sp³-hybridized carbons (Fsp3) is 0.333. The third-order valence-corrected chi connectivity index (χ3v) is 6.59. The van der Waals surface area contributed by atoms with Crippen molar-refractivity contribution >= 4 is 0 Å². The lowest BCUT2D eigenvalue weighted by Crippen LogP contribution is -2.13. The summed E-state index contributed by atoms with van der Waals surface area (Å²) < 4.78 is 5.23. The van der Waals surface area contributed by atoms with Crippen molar-refractivity contribution < 1.29 is 4.74 Å². The first-order valence-corrected chi connectivity index (χ1v) is 11.6. The highest BCUT2D eigenvalue weighted by atomic mass is 16.5. The minimum absolute atomic E-state index is 0.737. The molecular formula is C30H32O. The van der Waals surface area contributed by atoms with Gasteiger partial charge in [-0.1, -0.05) is 68.0 Å². The van der Waals surface area contributed by atoms with E-state index in [1.165, 1.54) is 55.2 Å². The van der Waals surface area contributed by atoms with Crippen LogP contribution in [0, 0.1) is 17.8 Å². The predicted octanol–water partition coefficient (Wildman–Crippen LogP) is 7.84. The predicted molar refractivity (Wildman–Crippen MR) is 130 cm³/mol. The molecule has 0 radical (unpaired) electrons. The molecule has 0 N–H and O–H groups in total. The topological polar surface area (TPSA) is 9.23 Å². The van der Waals surface area contributed by atoms with Crippen molar-refractivity contribution in [2.24, 2.45) is 5.92 Å². The van der Waals surface area contributed by atoms with Crippen LogP contribution in [0.1, 0.15) is 68.1 Å². The van der Waals surface area contributed by atoms with Crippen LogP contribution in [0.3, 0.4) is 0 Å². The van der Waals surface area contributed by atoms with Gasteiger partial charge in [0.2, 0.25) is 0 Å². The van der Waals surface area contributed by atoms with Crippen LogP contribution in [0.2, 0.25) is 0 Å². The van der Waals surface area contributed by atoms with Gasteiger partial charge in [-0.3, -0.25) is 0 Å². The summed E-state index contributed by atoms with van der Waals surface area (Å²) in [4.78, 5) is 0. The maximum Gasteiger partial charge on any atom is 0.118 e. The summed E-state index contributed by atoms with van der Waals surface area (Å²) in [6.07, 6.45) is 8.21. The van der Waals surface area contributed by atoms with Gasteiger partial charge in [-0.2, -0.15) is 0 Å². The molecule has 0 spiro atoms. The van der Waals surface area contributed by atoms with Crippen molar-refractivity contribution in [3.63, 3.8) is 0 Å². The van der Waals surface area contributed by atoms with E-state index in [-0.39, 0.29) is 0 Å². The molecule has 0 heterocycles. The highest BCUT2D eigenvalue weighted by Crippen LogP contribution is 2.37. The van der Waals surface area contributed by atoms with Crippen LogP contribution in [0.15, 0.2) is 72.8 Å². The van der Waals surface area contributed by atoms with Gasteiger partial charge in [-0.25, -0.2) is 0 Å². The third-order valence-electron chi connectivity index (χ3n) is 6.59. The van der Waals surface area contributed by atoms with Crippen LogP contribution in [-0.4, -0.2) is 7.11 Å². The fourth-order valence-corrected chi connectivity index (χ4v) is 4.71. The molecule has 1 heteroatoms. The molecule has 3 aromatic rings. The Balaban J connectivity index is 1.37. The highest BCUT2D eigenvalue weighted by molar-refractivity contribution is 5.65. The van der Waals surface area contributed by atoms with Gasteiger partial charge in [0.15, 0.2) is 0 Å². The Hall–Kier alpha value is -2.98. The van der Waals surface area contributed by atoms with Crippen molar-refractivity contribution in [3.05, 3.63) is 89.5 Å². The number of rotatable bonds is 5. The molecule has 1 saturated carbocycles. The number of hydrogen-bond acceptors (Lipinski definition) is 1. The SMILES string of the molecule is CCCC1CCC(c2ccc(C#Cc3ccc(-c4ccc(OC)cc4)cc3)cc2)CC1. The van der Waals surface area contributed by atoms with Gasteiger partial charge in [0, 0.05) is 11.1 Å². The fourth-order valence-electron chi connectivity index (χ4n) is 4.71. The number of benzene rings is 3. The lowest BCUT2D eigenvalue weighted by atomic mass is 9.77. The summed E-state index contributed by atoms with van der Waals surface area (Å²) in [6, 6.07) is 25.5. The summed E-state index contributed by atoms with van der Waals surface area (Å²) in [6.45, 7) is 2.31. The number of ether oxygens (including phenoxy) is 1. The quantitative estimate of drug-likeness (QED) is 0.391. The lowest BCUT2D eigenvalue weighted by Gasteiger charge is -2.28. The molecule has 0 unspecified atom stereocenters.